The van der Waals surface area contributed by atoms with E-state index in [0.717, 1.165) is 24.8 Å². The molecule has 1 atom stereocenters. The normalized spacial score (nSPS) is 12.4. The number of rotatable bonds is 6. The van der Waals surface area contributed by atoms with Gasteiger partial charge in [0.2, 0.25) is 0 Å². The molecule has 2 N–H and O–H groups in total. The van der Waals surface area contributed by atoms with E-state index in [1.807, 2.05) is 13.0 Å². The lowest BCUT2D eigenvalue weighted by molar-refractivity contribution is -0.146. The molecule has 1 rings (SSSR count). The van der Waals surface area contributed by atoms with Crippen LogP contribution in [0.4, 0.5) is 0 Å². The van der Waals surface area contributed by atoms with E-state index >= 15 is 0 Å². The highest BCUT2D eigenvalue weighted by Crippen LogP contribution is 2.20. The zero-order valence-electron chi connectivity index (χ0n) is 9.82. The average molecular weight is 257 g/mol. The largest absolute Gasteiger partial charge is 0.479 e. The number of alkyl halides is 1. The Morgan fingerprint density at radius 2 is 2.12 bits per heavy atom. The smallest absolute Gasteiger partial charge is 0.337 e. The Labute approximate surface area is 106 Å². The Hall–Kier alpha value is -1.06. The summed E-state index contributed by atoms with van der Waals surface area (Å²) in [7, 11) is 0. The SMILES string of the molecule is CCc1cc(C(O)C(=O)O)ccc1CCCCl. The first-order chi connectivity index (χ1) is 8.10. The molecule has 94 valence electrons. The van der Waals surface area contributed by atoms with Crippen molar-refractivity contribution in [1.82, 2.24) is 0 Å². The molecule has 0 radical (unpaired) electrons. The van der Waals surface area contributed by atoms with Gasteiger partial charge in [-0.05, 0) is 36.0 Å². The third-order valence-electron chi connectivity index (χ3n) is 2.74. The van der Waals surface area contributed by atoms with Gasteiger partial charge in [0.05, 0.1) is 0 Å². The quantitative estimate of drug-likeness (QED) is 0.769. The number of aliphatic hydroxyl groups excluding tert-OH is 1. The predicted molar refractivity (Wildman–Crippen MR) is 67.5 cm³/mol. The first-order valence-electron chi connectivity index (χ1n) is 5.68. The van der Waals surface area contributed by atoms with Crippen LogP contribution in [-0.2, 0) is 17.6 Å². The van der Waals surface area contributed by atoms with E-state index in [2.05, 4.69) is 0 Å². The lowest BCUT2D eigenvalue weighted by Gasteiger charge is -2.12. The van der Waals surface area contributed by atoms with E-state index < -0.39 is 12.1 Å². The van der Waals surface area contributed by atoms with E-state index in [0.29, 0.717) is 11.4 Å². The van der Waals surface area contributed by atoms with Gasteiger partial charge in [0.25, 0.3) is 0 Å². The molecule has 0 aromatic heterocycles. The van der Waals surface area contributed by atoms with Gasteiger partial charge in [-0.1, -0.05) is 25.1 Å². The molecular formula is C13H17ClO3. The summed E-state index contributed by atoms with van der Waals surface area (Å²) in [5.41, 5.74) is 2.69. The fourth-order valence-corrected chi connectivity index (χ4v) is 1.92. The zero-order valence-corrected chi connectivity index (χ0v) is 10.6. The second-order valence-electron chi connectivity index (χ2n) is 3.92. The summed E-state index contributed by atoms with van der Waals surface area (Å²) >= 11 is 5.65. The second kappa shape index (κ2) is 6.62. The van der Waals surface area contributed by atoms with Crippen LogP contribution in [0.5, 0.6) is 0 Å². The number of aliphatic hydroxyl groups is 1. The van der Waals surface area contributed by atoms with Crippen LogP contribution < -0.4 is 0 Å². The molecule has 0 heterocycles. The van der Waals surface area contributed by atoms with Crippen molar-refractivity contribution in [3.8, 4) is 0 Å². The predicted octanol–water partition coefficient (Wildman–Crippen LogP) is 2.54. The van der Waals surface area contributed by atoms with Gasteiger partial charge in [0.1, 0.15) is 0 Å². The number of benzene rings is 1. The lowest BCUT2D eigenvalue weighted by atomic mass is 9.96. The second-order valence-corrected chi connectivity index (χ2v) is 4.29. The highest BCUT2D eigenvalue weighted by molar-refractivity contribution is 6.17. The van der Waals surface area contributed by atoms with Gasteiger partial charge >= 0.3 is 5.97 Å². The number of carboxylic acid groups (broad SMARTS) is 1. The number of hydrogen-bond acceptors (Lipinski definition) is 2. The molecule has 1 unspecified atom stereocenters. The van der Waals surface area contributed by atoms with Crippen molar-refractivity contribution >= 4 is 17.6 Å². The van der Waals surface area contributed by atoms with E-state index in [9.17, 15) is 9.90 Å². The lowest BCUT2D eigenvalue weighted by Crippen LogP contribution is -2.11. The van der Waals surface area contributed by atoms with Gasteiger partial charge in [0.15, 0.2) is 6.10 Å². The zero-order chi connectivity index (χ0) is 12.8. The molecule has 3 nitrogen and oxygen atoms in total. The van der Waals surface area contributed by atoms with Gasteiger partial charge in [-0.2, -0.15) is 0 Å². The Bertz CT molecular complexity index is 390. The fraction of sp³-hybridized carbons (Fsp3) is 0.462. The third kappa shape index (κ3) is 3.72. The van der Waals surface area contributed by atoms with Crippen molar-refractivity contribution in [1.29, 1.82) is 0 Å². The first-order valence-corrected chi connectivity index (χ1v) is 6.22. The monoisotopic (exact) mass is 256 g/mol. The van der Waals surface area contributed by atoms with Gasteiger partial charge in [-0.25, -0.2) is 4.79 Å². The number of hydrogen-bond donors (Lipinski definition) is 2. The Kier molecular flexibility index (Phi) is 5.45. The van der Waals surface area contributed by atoms with Crippen LogP contribution in [0.3, 0.4) is 0 Å². The van der Waals surface area contributed by atoms with Crippen molar-refractivity contribution in [2.45, 2.75) is 32.3 Å². The topological polar surface area (TPSA) is 57.5 Å². The van der Waals surface area contributed by atoms with Crippen molar-refractivity contribution < 1.29 is 15.0 Å². The van der Waals surface area contributed by atoms with Crippen LogP contribution in [-0.4, -0.2) is 22.1 Å². The summed E-state index contributed by atoms with van der Waals surface area (Å²) < 4.78 is 0. The standard InChI is InChI=1S/C13H17ClO3/c1-2-9-8-11(12(15)13(16)17)6-5-10(9)4-3-7-14/h5-6,8,12,15H,2-4,7H2,1H3,(H,16,17). The molecule has 1 aromatic carbocycles. The first kappa shape index (κ1) is 14.0. The van der Waals surface area contributed by atoms with Gasteiger partial charge < -0.3 is 10.2 Å². The fourth-order valence-electron chi connectivity index (χ4n) is 1.79. The number of carboxylic acids is 1. The summed E-state index contributed by atoms with van der Waals surface area (Å²) in [4.78, 5) is 10.7. The molecule has 0 amide bonds. The molecule has 0 saturated carbocycles. The van der Waals surface area contributed by atoms with E-state index in [-0.39, 0.29) is 0 Å². The number of carbonyl (C=O) groups is 1. The minimum Gasteiger partial charge on any atom is -0.479 e. The molecule has 1 aromatic rings. The summed E-state index contributed by atoms with van der Waals surface area (Å²) in [6.07, 6.45) is 1.16. The average Bonchev–Trinajstić information content (AvgIpc) is 2.35. The summed E-state index contributed by atoms with van der Waals surface area (Å²) in [5.74, 6) is -0.608. The summed E-state index contributed by atoms with van der Waals surface area (Å²) in [6.45, 7) is 2.01. The van der Waals surface area contributed by atoms with Gasteiger partial charge in [-0.15, -0.1) is 11.6 Å². The number of aryl methyl sites for hydroxylation is 2. The minimum absolute atomic E-state index is 0.434. The maximum Gasteiger partial charge on any atom is 0.337 e. The van der Waals surface area contributed by atoms with Crippen molar-refractivity contribution in [3.05, 3.63) is 34.9 Å². The van der Waals surface area contributed by atoms with Crippen molar-refractivity contribution in [2.75, 3.05) is 5.88 Å². The minimum atomic E-state index is -1.44. The summed E-state index contributed by atoms with van der Waals surface area (Å²) in [5, 5.41) is 18.2. The molecule has 0 bridgehead atoms. The molecule has 0 aliphatic carbocycles. The van der Waals surface area contributed by atoms with Gasteiger partial charge in [0, 0.05) is 5.88 Å². The molecular weight excluding hydrogens is 240 g/mol. The third-order valence-corrected chi connectivity index (χ3v) is 3.01. The van der Waals surface area contributed by atoms with Crippen molar-refractivity contribution in [3.63, 3.8) is 0 Å². The van der Waals surface area contributed by atoms with Crippen LogP contribution in [0.15, 0.2) is 18.2 Å². The highest BCUT2D eigenvalue weighted by atomic mass is 35.5. The highest BCUT2D eigenvalue weighted by Gasteiger charge is 2.16. The molecule has 4 heteroatoms. The Morgan fingerprint density at radius 3 is 2.65 bits per heavy atom. The molecule has 0 fully saturated rings. The maximum absolute atomic E-state index is 10.7. The van der Waals surface area contributed by atoms with Crippen molar-refractivity contribution in [2.24, 2.45) is 0 Å². The van der Waals surface area contributed by atoms with Crippen LogP contribution in [0.2, 0.25) is 0 Å². The molecule has 17 heavy (non-hydrogen) atoms. The van der Waals surface area contributed by atoms with Gasteiger partial charge in [-0.3, -0.25) is 0 Å². The molecule has 0 saturated heterocycles. The van der Waals surface area contributed by atoms with E-state index in [1.54, 1.807) is 12.1 Å². The number of halogens is 1. The van der Waals surface area contributed by atoms with Crippen LogP contribution >= 0.6 is 11.6 Å². The Balaban J connectivity index is 2.95. The molecule has 0 aliphatic heterocycles. The summed E-state index contributed by atoms with van der Waals surface area (Å²) in [6, 6.07) is 5.32. The molecule has 0 spiro atoms. The van der Waals surface area contributed by atoms with Crippen LogP contribution in [0, 0.1) is 0 Å². The molecule has 0 aliphatic rings. The maximum atomic E-state index is 10.7. The number of aliphatic carboxylic acids is 1. The van der Waals surface area contributed by atoms with E-state index in [4.69, 9.17) is 16.7 Å². The van der Waals surface area contributed by atoms with Crippen LogP contribution in [0.25, 0.3) is 0 Å². The Morgan fingerprint density at radius 1 is 1.41 bits per heavy atom. The van der Waals surface area contributed by atoms with E-state index in [1.165, 1.54) is 5.56 Å². The van der Waals surface area contributed by atoms with Crippen LogP contribution in [0.1, 0.15) is 36.1 Å².